The van der Waals surface area contributed by atoms with E-state index in [9.17, 15) is 9.59 Å². The van der Waals surface area contributed by atoms with Crippen LogP contribution in [0, 0.1) is 6.92 Å². The van der Waals surface area contributed by atoms with E-state index in [1.54, 1.807) is 31.9 Å². The highest BCUT2D eigenvalue weighted by Gasteiger charge is 2.22. The minimum atomic E-state index is -0.435. The highest BCUT2D eigenvalue weighted by atomic mass is 32.2. The predicted octanol–water partition coefficient (Wildman–Crippen LogP) is 3.33. The number of methoxy groups -OCH3 is 1. The molecule has 0 spiro atoms. The molecule has 0 fully saturated rings. The number of benzene rings is 1. The third kappa shape index (κ3) is 5.55. The van der Waals surface area contributed by atoms with E-state index in [2.05, 4.69) is 15.5 Å². The molecule has 2 heterocycles. The normalized spacial score (nSPS) is 12.1. The number of amides is 2. The van der Waals surface area contributed by atoms with Crippen LogP contribution in [0.2, 0.25) is 0 Å². The number of thioether (sulfide) groups is 1. The number of rotatable bonds is 9. The molecule has 2 amide bonds. The zero-order chi connectivity index (χ0) is 20.8. The molecule has 1 atom stereocenters. The number of ether oxygens (including phenoxy) is 1. The summed E-state index contributed by atoms with van der Waals surface area (Å²) >= 11 is 2.72. The lowest BCUT2D eigenvalue weighted by molar-refractivity contribution is -0.116. The Labute approximate surface area is 176 Å². The van der Waals surface area contributed by atoms with Gasteiger partial charge in [-0.3, -0.25) is 14.5 Å². The van der Waals surface area contributed by atoms with Crippen molar-refractivity contribution in [1.29, 1.82) is 0 Å². The lowest BCUT2D eigenvalue weighted by Gasteiger charge is -2.20. The molecule has 10 heteroatoms. The molecule has 0 radical (unpaired) electrons. The van der Waals surface area contributed by atoms with Gasteiger partial charge >= 0.3 is 0 Å². The monoisotopic (exact) mass is 434 g/mol. The fourth-order valence-electron chi connectivity index (χ4n) is 2.49. The maximum atomic E-state index is 12.9. The van der Waals surface area contributed by atoms with E-state index in [0.717, 1.165) is 10.2 Å². The SMILES string of the molecule is COCCN(C(=O)CSC(C)C(=O)Nc1cc(C)on1)c1nc2ccccc2s1. The van der Waals surface area contributed by atoms with Crippen LogP contribution in [0.15, 0.2) is 34.9 Å². The second kappa shape index (κ2) is 9.86. The van der Waals surface area contributed by atoms with Crippen LogP contribution in [0.25, 0.3) is 10.2 Å². The summed E-state index contributed by atoms with van der Waals surface area (Å²) in [7, 11) is 1.59. The molecule has 1 aromatic carbocycles. The van der Waals surface area contributed by atoms with Gasteiger partial charge in [0.25, 0.3) is 0 Å². The number of thiazole rings is 1. The molecule has 0 aliphatic carbocycles. The van der Waals surface area contributed by atoms with E-state index >= 15 is 0 Å². The Bertz CT molecular complexity index is 954. The van der Waals surface area contributed by atoms with Crippen LogP contribution >= 0.6 is 23.1 Å². The number of fused-ring (bicyclic) bond motifs is 1. The summed E-state index contributed by atoms with van der Waals surface area (Å²) in [4.78, 5) is 31.4. The van der Waals surface area contributed by atoms with Crippen LogP contribution in [0.3, 0.4) is 0 Å². The topological polar surface area (TPSA) is 97.6 Å². The third-order valence-corrected chi connectivity index (χ3v) is 6.23. The summed E-state index contributed by atoms with van der Waals surface area (Å²) in [6.07, 6.45) is 0. The van der Waals surface area contributed by atoms with Crippen molar-refractivity contribution in [2.45, 2.75) is 19.1 Å². The van der Waals surface area contributed by atoms with Crippen molar-refractivity contribution in [3.8, 4) is 0 Å². The first-order chi connectivity index (χ1) is 14.0. The molecule has 3 aromatic rings. The van der Waals surface area contributed by atoms with Crippen LogP contribution < -0.4 is 10.2 Å². The molecular formula is C19H22N4O4S2. The van der Waals surface area contributed by atoms with E-state index in [1.165, 1.54) is 23.1 Å². The Balaban J connectivity index is 1.62. The van der Waals surface area contributed by atoms with E-state index in [4.69, 9.17) is 9.26 Å². The molecule has 0 aliphatic heterocycles. The standard InChI is InChI=1S/C19H22N4O4S2/c1-12-10-16(22-27-12)21-18(25)13(2)28-11-17(24)23(8-9-26-3)19-20-14-6-4-5-7-15(14)29-19/h4-7,10,13H,8-9,11H2,1-3H3,(H,21,22,25). The molecule has 0 saturated heterocycles. The Hall–Kier alpha value is -2.43. The summed E-state index contributed by atoms with van der Waals surface area (Å²) in [5, 5.41) is 6.62. The first-order valence-electron chi connectivity index (χ1n) is 8.98. The Morgan fingerprint density at radius 3 is 2.86 bits per heavy atom. The van der Waals surface area contributed by atoms with E-state index < -0.39 is 5.25 Å². The van der Waals surface area contributed by atoms with Gasteiger partial charge in [-0.1, -0.05) is 28.6 Å². The van der Waals surface area contributed by atoms with Gasteiger partial charge in [0.1, 0.15) is 5.76 Å². The quantitative estimate of drug-likeness (QED) is 0.552. The van der Waals surface area contributed by atoms with E-state index in [-0.39, 0.29) is 17.6 Å². The summed E-state index contributed by atoms with van der Waals surface area (Å²) in [5.74, 6) is 0.761. The minimum absolute atomic E-state index is 0.122. The van der Waals surface area contributed by atoms with Gasteiger partial charge in [0.05, 0.1) is 34.4 Å². The number of aromatic nitrogens is 2. The van der Waals surface area contributed by atoms with E-state index in [0.29, 0.717) is 29.9 Å². The van der Waals surface area contributed by atoms with Gasteiger partial charge in [0.15, 0.2) is 10.9 Å². The van der Waals surface area contributed by atoms with Gasteiger partial charge < -0.3 is 14.6 Å². The fourth-order valence-corrected chi connectivity index (χ4v) is 4.26. The largest absolute Gasteiger partial charge is 0.383 e. The summed E-state index contributed by atoms with van der Waals surface area (Å²) in [6, 6.07) is 9.39. The highest BCUT2D eigenvalue weighted by molar-refractivity contribution is 8.01. The number of carbonyl (C=O) groups excluding carboxylic acids is 2. The maximum Gasteiger partial charge on any atom is 0.238 e. The second-order valence-corrected chi connectivity index (χ2v) is 8.61. The molecule has 8 nitrogen and oxygen atoms in total. The average molecular weight is 435 g/mol. The Morgan fingerprint density at radius 2 is 2.17 bits per heavy atom. The van der Waals surface area contributed by atoms with Crippen LogP contribution in [0.1, 0.15) is 12.7 Å². The van der Waals surface area contributed by atoms with Crippen molar-refractivity contribution in [2.75, 3.05) is 36.2 Å². The second-order valence-electron chi connectivity index (χ2n) is 6.27. The average Bonchev–Trinajstić information content (AvgIpc) is 3.32. The van der Waals surface area contributed by atoms with Crippen LogP contribution in [0.5, 0.6) is 0 Å². The molecule has 1 unspecified atom stereocenters. The molecule has 0 aliphatic rings. The number of anilines is 2. The maximum absolute atomic E-state index is 12.9. The number of hydrogen-bond acceptors (Lipinski definition) is 8. The van der Waals surface area contributed by atoms with Gasteiger partial charge in [0.2, 0.25) is 11.8 Å². The van der Waals surface area contributed by atoms with Gasteiger partial charge in [-0.05, 0) is 26.0 Å². The van der Waals surface area contributed by atoms with Crippen molar-refractivity contribution in [3.63, 3.8) is 0 Å². The smallest absolute Gasteiger partial charge is 0.238 e. The van der Waals surface area contributed by atoms with Crippen molar-refractivity contribution in [2.24, 2.45) is 0 Å². The molecule has 29 heavy (non-hydrogen) atoms. The molecule has 154 valence electrons. The molecular weight excluding hydrogens is 412 g/mol. The first-order valence-corrected chi connectivity index (χ1v) is 10.8. The number of nitrogens with one attached hydrogen (secondary N) is 1. The number of aryl methyl sites for hydroxylation is 1. The number of hydrogen-bond donors (Lipinski definition) is 1. The molecule has 0 saturated carbocycles. The lowest BCUT2D eigenvalue weighted by Crippen LogP contribution is -2.36. The molecule has 1 N–H and O–H groups in total. The van der Waals surface area contributed by atoms with Gasteiger partial charge in [0, 0.05) is 13.2 Å². The van der Waals surface area contributed by atoms with Crippen LogP contribution in [-0.4, -0.2) is 53.2 Å². The zero-order valence-electron chi connectivity index (χ0n) is 16.4. The molecule has 2 aromatic heterocycles. The van der Waals surface area contributed by atoms with Crippen molar-refractivity contribution in [1.82, 2.24) is 10.1 Å². The summed E-state index contributed by atoms with van der Waals surface area (Å²) in [5.41, 5.74) is 0.853. The summed E-state index contributed by atoms with van der Waals surface area (Å²) < 4.78 is 11.1. The lowest BCUT2D eigenvalue weighted by atomic mass is 10.3. The highest BCUT2D eigenvalue weighted by Crippen LogP contribution is 2.29. The molecule has 3 rings (SSSR count). The minimum Gasteiger partial charge on any atom is -0.383 e. The van der Waals surface area contributed by atoms with Crippen molar-refractivity contribution >= 4 is 56.1 Å². The van der Waals surface area contributed by atoms with Crippen LogP contribution in [-0.2, 0) is 14.3 Å². The van der Waals surface area contributed by atoms with Crippen LogP contribution in [0.4, 0.5) is 10.9 Å². The predicted molar refractivity (Wildman–Crippen MR) is 116 cm³/mol. The summed E-state index contributed by atoms with van der Waals surface area (Å²) in [6.45, 7) is 4.29. The van der Waals surface area contributed by atoms with Crippen molar-refractivity contribution in [3.05, 3.63) is 36.1 Å². The number of nitrogens with zero attached hydrogens (tertiary/aromatic N) is 3. The van der Waals surface area contributed by atoms with Gasteiger partial charge in [-0.15, -0.1) is 11.8 Å². The Morgan fingerprint density at radius 1 is 1.38 bits per heavy atom. The van der Waals surface area contributed by atoms with Gasteiger partial charge in [-0.25, -0.2) is 4.98 Å². The first kappa shape index (κ1) is 21.3. The molecule has 0 bridgehead atoms. The van der Waals surface area contributed by atoms with E-state index in [1.807, 2.05) is 24.3 Å². The zero-order valence-corrected chi connectivity index (χ0v) is 18.0. The third-order valence-electron chi connectivity index (χ3n) is 4.04. The number of para-hydroxylation sites is 1. The Kier molecular flexibility index (Phi) is 7.24. The fraction of sp³-hybridized carbons (Fsp3) is 0.368. The van der Waals surface area contributed by atoms with Crippen molar-refractivity contribution < 1.29 is 18.8 Å². The number of carbonyl (C=O) groups is 2. The van der Waals surface area contributed by atoms with Gasteiger partial charge in [-0.2, -0.15) is 0 Å².